The van der Waals surface area contributed by atoms with Crippen LogP contribution in [0.4, 0.5) is 0 Å². The van der Waals surface area contributed by atoms with Gasteiger partial charge in [-0.25, -0.2) is 0 Å². The molecule has 15 heavy (non-hydrogen) atoms. The first kappa shape index (κ1) is 14.3. The van der Waals surface area contributed by atoms with Crippen molar-refractivity contribution in [1.82, 2.24) is 0 Å². The van der Waals surface area contributed by atoms with Gasteiger partial charge in [-0.15, -0.1) is 0 Å². The summed E-state index contributed by atoms with van der Waals surface area (Å²) in [7, 11) is 0. The second kappa shape index (κ2) is 8.63. The van der Waals surface area contributed by atoms with Crippen molar-refractivity contribution in [1.29, 1.82) is 0 Å². The molecule has 2 heteroatoms. The average Bonchev–Trinajstić information content (AvgIpc) is 2.24. The summed E-state index contributed by atoms with van der Waals surface area (Å²) in [4.78, 5) is 23.1. The standard InChI is InChI=1S/C13H24O2/c1-4-6-8-10-12(14)13(15)11(3)9-7-5-2/h11H,4-10H2,1-3H3. The highest BCUT2D eigenvalue weighted by Crippen LogP contribution is 2.11. The molecule has 0 aromatic carbocycles. The molecule has 0 aromatic rings. The molecule has 0 bridgehead atoms. The quantitative estimate of drug-likeness (QED) is 0.433. The summed E-state index contributed by atoms with van der Waals surface area (Å²) in [6.45, 7) is 6.06. The molecule has 0 N–H and O–H groups in total. The zero-order valence-electron chi connectivity index (χ0n) is 10.3. The predicted molar refractivity (Wildman–Crippen MR) is 62.8 cm³/mol. The predicted octanol–water partition coefficient (Wildman–Crippen LogP) is 3.53. The van der Waals surface area contributed by atoms with E-state index < -0.39 is 0 Å². The molecule has 0 saturated heterocycles. The van der Waals surface area contributed by atoms with E-state index in [2.05, 4.69) is 13.8 Å². The van der Waals surface area contributed by atoms with Gasteiger partial charge in [0.1, 0.15) is 0 Å². The third-order valence-corrected chi connectivity index (χ3v) is 2.72. The fraction of sp³-hybridized carbons (Fsp3) is 0.846. The molecule has 1 unspecified atom stereocenters. The van der Waals surface area contributed by atoms with Crippen LogP contribution >= 0.6 is 0 Å². The zero-order chi connectivity index (χ0) is 11.7. The van der Waals surface area contributed by atoms with Gasteiger partial charge in [0.25, 0.3) is 0 Å². The molecule has 0 saturated carbocycles. The van der Waals surface area contributed by atoms with E-state index in [4.69, 9.17) is 0 Å². The topological polar surface area (TPSA) is 34.1 Å². The average molecular weight is 212 g/mol. The third-order valence-electron chi connectivity index (χ3n) is 2.72. The largest absolute Gasteiger partial charge is 0.291 e. The summed E-state index contributed by atoms with van der Waals surface area (Å²) in [6.07, 6.45) is 6.42. The Morgan fingerprint density at radius 3 is 2.13 bits per heavy atom. The number of carbonyl (C=O) groups is 2. The molecule has 0 rings (SSSR count). The molecular weight excluding hydrogens is 188 g/mol. The Morgan fingerprint density at radius 2 is 1.60 bits per heavy atom. The van der Waals surface area contributed by atoms with E-state index >= 15 is 0 Å². The number of Topliss-reactive ketones (excluding diaryl/α,β-unsaturated/α-hetero) is 2. The van der Waals surface area contributed by atoms with Crippen molar-refractivity contribution in [2.75, 3.05) is 0 Å². The SMILES string of the molecule is CCCCCC(=O)C(=O)C(C)CCCC. The molecule has 0 radical (unpaired) electrons. The molecule has 0 aliphatic rings. The van der Waals surface area contributed by atoms with Crippen molar-refractivity contribution in [2.24, 2.45) is 5.92 Å². The van der Waals surface area contributed by atoms with Crippen molar-refractivity contribution in [3.8, 4) is 0 Å². The van der Waals surface area contributed by atoms with Gasteiger partial charge in [0.2, 0.25) is 5.78 Å². The number of rotatable bonds is 9. The van der Waals surface area contributed by atoms with Crippen LogP contribution in [-0.4, -0.2) is 11.6 Å². The molecule has 88 valence electrons. The van der Waals surface area contributed by atoms with Gasteiger partial charge < -0.3 is 0 Å². The minimum Gasteiger partial charge on any atom is -0.291 e. The number of hydrogen-bond donors (Lipinski definition) is 0. The Hall–Kier alpha value is -0.660. The first-order valence-electron chi connectivity index (χ1n) is 6.20. The van der Waals surface area contributed by atoms with Crippen LogP contribution in [0.25, 0.3) is 0 Å². The summed E-state index contributed by atoms with van der Waals surface area (Å²) in [5, 5.41) is 0. The van der Waals surface area contributed by atoms with Gasteiger partial charge in [-0.3, -0.25) is 9.59 Å². The summed E-state index contributed by atoms with van der Waals surface area (Å²) < 4.78 is 0. The van der Waals surface area contributed by atoms with Crippen LogP contribution in [0.3, 0.4) is 0 Å². The van der Waals surface area contributed by atoms with Crippen LogP contribution in [-0.2, 0) is 9.59 Å². The van der Waals surface area contributed by atoms with Crippen LogP contribution in [0.15, 0.2) is 0 Å². The summed E-state index contributed by atoms with van der Waals surface area (Å²) >= 11 is 0. The lowest BCUT2D eigenvalue weighted by atomic mass is 9.95. The lowest BCUT2D eigenvalue weighted by Gasteiger charge is -2.08. The lowest BCUT2D eigenvalue weighted by Crippen LogP contribution is -2.21. The fourth-order valence-electron chi connectivity index (χ4n) is 1.57. The monoisotopic (exact) mass is 212 g/mol. The van der Waals surface area contributed by atoms with Crippen molar-refractivity contribution in [3.05, 3.63) is 0 Å². The van der Waals surface area contributed by atoms with Gasteiger partial charge >= 0.3 is 0 Å². The first-order valence-corrected chi connectivity index (χ1v) is 6.20. The maximum atomic E-state index is 11.6. The van der Waals surface area contributed by atoms with Crippen molar-refractivity contribution < 1.29 is 9.59 Å². The Bertz CT molecular complexity index is 197. The summed E-state index contributed by atoms with van der Waals surface area (Å²) in [5.74, 6) is -0.384. The number of ketones is 2. The van der Waals surface area contributed by atoms with Crippen molar-refractivity contribution >= 4 is 11.6 Å². The molecule has 0 fully saturated rings. The molecule has 2 nitrogen and oxygen atoms in total. The highest BCUT2D eigenvalue weighted by atomic mass is 16.2. The summed E-state index contributed by atoms with van der Waals surface area (Å²) in [6, 6.07) is 0. The Balaban J connectivity index is 3.81. The second-order valence-electron chi connectivity index (χ2n) is 4.29. The van der Waals surface area contributed by atoms with Crippen LogP contribution in [0.2, 0.25) is 0 Å². The van der Waals surface area contributed by atoms with E-state index in [1.807, 2.05) is 6.92 Å². The lowest BCUT2D eigenvalue weighted by molar-refractivity contribution is -0.138. The van der Waals surface area contributed by atoms with E-state index in [1.165, 1.54) is 0 Å². The van der Waals surface area contributed by atoms with E-state index in [0.717, 1.165) is 38.5 Å². The van der Waals surface area contributed by atoms with E-state index in [0.29, 0.717) is 6.42 Å². The number of hydrogen-bond acceptors (Lipinski definition) is 2. The number of carbonyl (C=O) groups excluding carboxylic acids is 2. The van der Waals surface area contributed by atoms with Gasteiger partial charge in [-0.1, -0.05) is 46.5 Å². The number of unbranched alkanes of at least 4 members (excludes halogenated alkanes) is 3. The molecule has 0 heterocycles. The zero-order valence-corrected chi connectivity index (χ0v) is 10.3. The molecule has 0 spiro atoms. The van der Waals surface area contributed by atoms with Crippen LogP contribution in [0.1, 0.15) is 65.7 Å². The van der Waals surface area contributed by atoms with Crippen molar-refractivity contribution in [2.45, 2.75) is 65.7 Å². The molecule has 0 amide bonds. The fourth-order valence-corrected chi connectivity index (χ4v) is 1.57. The Morgan fingerprint density at radius 1 is 1.00 bits per heavy atom. The highest BCUT2D eigenvalue weighted by Gasteiger charge is 2.19. The highest BCUT2D eigenvalue weighted by molar-refractivity contribution is 6.37. The van der Waals surface area contributed by atoms with Crippen LogP contribution in [0, 0.1) is 5.92 Å². The third kappa shape index (κ3) is 6.43. The Labute approximate surface area is 93.4 Å². The van der Waals surface area contributed by atoms with E-state index in [-0.39, 0.29) is 17.5 Å². The smallest absolute Gasteiger partial charge is 0.201 e. The van der Waals surface area contributed by atoms with Gasteiger partial charge in [0.05, 0.1) is 0 Å². The van der Waals surface area contributed by atoms with Gasteiger partial charge in [-0.05, 0) is 12.8 Å². The minimum atomic E-state index is -0.160. The van der Waals surface area contributed by atoms with Crippen molar-refractivity contribution in [3.63, 3.8) is 0 Å². The summed E-state index contributed by atoms with van der Waals surface area (Å²) in [5.41, 5.74) is 0. The van der Waals surface area contributed by atoms with E-state index in [1.54, 1.807) is 0 Å². The molecule has 0 aliphatic carbocycles. The molecule has 0 aliphatic heterocycles. The first-order chi connectivity index (χ1) is 7.13. The van der Waals surface area contributed by atoms with Gasteiger partial charge in [0.15, 0.2) is 5.78 Å². The molecule has 0 aromatic heterocycles. The van der Waals surface area contributed by atoms with Gasteiger partial charge in [0, 0.05) is 12.3 Å². The minimum absolute atomic E-state index is 0.0703. The van der Waals surface area contributed by atoms with Crippen LogP contribution < -0.4 is 0 Å². The molecule has 1 atom stereocenters. The van der Waals surface area contributed by atoms with Crippen LogP contribution in [0.5, 0.6) is 0 Å². The normalized spacial score (nSPS) is 12.5. The molecular formula is C13H24O2. The van der Waals surface area contributed by atoms with Gasteiger partial charge in [-0.2, -0.15) is 0 Å². The Kier molecular flexibility index (Phi) is 8.25. The maximum absolute atomic E-state index is 11.6. The maximum Gasteiger partial charge on any atom is 0.201 e. The van der Waals surface area contributed by atoms with E-state index in [9.17, 15) is 9.59 Å². The second-order valence-corrected chi connectivity index (χ2v) is 4.29.